The minimum atomic E-state index is 0.579. The van der Waals surface area contributed by atoms with Crippen molar-refractivity contribution in [2.75, 3.05) is 11.1 Å². The van der Waals surface area contributed by atoms with Gasteiger partial charge in [0.05, 0.1) is 0 Å². The minimum Gasteiger partial charge on any atom is -0.383 e. The summed E-state index contributed by atoms with van der Waals surface area (Å²) in [5.41, 5.74) is 9.40. The van der Waals surface area contributed by atoms with Crippen LogP contribution >= 0.6 is 11.5 Å². The molecule has 2 aromatic rings. The van der Waals surface area contributed by atoms with Crippen LogP contribution < -0.4 is 11.1 Å². The van der Waals surface area contributed by atoms with Crippen LogP contribution in [0.3, 0.4) is 0 Å². The van der Waals surface area contributed by atoms with Crippen molar-refractivity contribution in [1.82, 2.24) is 4.37 Å². The van der Waals surface area contributed by atoms with E-state index in [1.165, 1.54) is 22.7 Å². The molecule has 0 bridgehead atoms. The fourth-order valence-corrected chi connectivity index (χ4v) is 2.42. The predicted octanol–water partition coefficient (Wildman–Crippen LogP) is 3.77. The molecule has 1 aromatic heterocycles. The molecule has 3 N–H and O–H groups in total. The Morgan fingerprint density at radius 3 is 2.44 bits per heavy atom. The number of anilines is 2. The molecular formula is C14H19N3S. The second kappa shape index (κ2) is 5.40. The summed E-state index contributed by atoms with van der Waals surface area (Å²) in [6.45, 7) is 7.21. The molecule has 0 fully saturated rings. The van der Waals surface area contributed by atoms with E-state index in [1.807, 2.05) is 6.92 Å². The summed E-state index contributed by atoms with van der Waals surface area (Å²) in [5.74, 6) is 1.20. The monoisotopic (exact) mass is 261 g/mol. The topological polar surface area (TPSA) is 50.9 Å². The molecule has 1 heterocycles. The smallest absolute Gasteiger partial charge is 0.142 e. The summed E-state index contributed by atoms with van der Waals surface area (Å²) in [4.78, 5) is 0. The summed E-state index contributed by atoms with van der Waals surface area (Å²) < 4.78 is 4.12. The van der Waals surface area contributed by atoms with E-state index in [2.05, 4.69) is 47.8 Å². The van der Waals surface area contributed by atoms with Crippen LogP contribution in [0.2, 0.25) is 0 Å². The molecule has 18 heavy (non-hydrogen) atoms. The lowest BCUT2D eigenvalue weighted by Crippen LogP contribution is -1.99. The van der Waals surface area contributed by atoms with Gasteiger partial charge >= 0.3 is 0 Å². The van der Waals surface area contributed by atoms with Crippen molar-refractivity contribution >= 4 is 22.4 Å². The zero-order chi connectivity index (χ0) is 13.1. The average molecular weight is 261 g/mol. The molecule has 0 saturated carbocycles. The van der Waals surface area contributed by atoms with E-state index in [4.69, 9.17) is 5.73 Å². The van der Waals surface area contributed by atoms with E-state index in [-0.39, 0.29) is 0 Å². The largest absolute Gasteiger partial charge is 0.383 e. The Bertz CT molecular complexity index is 514. The van der Waals surface area contributed by atoms with Crippen molar-refractivity contribution in [2.24, 2.45) is 0 Å². The highest BCUT2D eigenvalue weighted by atomic mass is 32.1. The number of hydrogen-bond donors (Lipinski definition) is 2. The molecule has 4 heteroatoms. The highest BCUT2D eigenvalue weighted by molar-refractivity contribution is 7.10. The van der Waals surface area contributed by atoms with Gasteiger partial charge in [-0.05, 0) is 35.5 Å². The maximum Gasteiger partial charge on any atom is 0.142 e. The molecular weight excluding hydrogens is 242 g/mol. The van der Waals surface area contributed by atoms with Gasteiger partial charge in [0.25, 0.3) is 0 Å². The van der Waals surface area contributed by atoms with E-state index in [9.17, 15) is 0 Å². The number of nitrogen functional groups attached to an aromatic ring is 1. The van der Waals surface area contributed by atoms with Crippen LogP contribution in [0.4, 0.5) is 10.8 Å². The SMILES string of the molecule is Cc1c(N)nsc1NCc1ccc(C(C)C)cc1. The molecule has 3 nitrogen and oxygen atoms in total. The predicted molar refractivity (Wildman–Crippen MR) is 79.1 cm³/mol. The highest BCUT2D eigenvalue weighted by Crippen LogP contribution is 2.25. The van der Waals surface area contributed by atoms with E-state index in [0.29, 0.717) is 11.7 Å². The van der Waals surface area contributed by atoms with Gasteiger partial charge in [-0.25, -0.2) is 0 Å². The number of nitrogens with one attached hydrogen (secondary N) is 1. The second-order valence-electron chi connectivity index (χ2n) is 4.77. The van der Waals surface area contributed by atoms with Gasteiger partial charge in [-0.2, -0.15) is 4.37 Å². The zero-order valence-corrected chi connectivity index (χ0v) is 11.8. The summed E-state index contributed by atoms with van der Waals surface area (Å²) >= 11 is 1.42. The Morgan fingerprint density at radius 1 is 1.28 bits per heavy atom. The second-order valence-corrected chi connectivity index (χ2v) is 5.55. The minimum absolute atomic E-state index is 0.579. The third-order valence-electron chi connectivity index (χ3n) is 3.06. The Labute approximate surface area is 112 Å². The molecule has 0 saturated heterocycles. The maximum absolute atomic E-state index is 5.72. The third kappa shape index (κ3) is 2.82. The first-order chi connectivity index (χ1) is 8.58. The molecule has 0 aliphatic rings. The number of rotatable bonds is 4. The third-order valence-corrected chi connectivity index (χ3v) is 3.98. The van der Waals surface area contributed by atoms with Crippen LogP contribution in [0, 0.1) is 6.92 Å². The number of benzene rings is 1. The van der Waals surface area contributed by atoms with Gasteiger partial charge in [-0.15, -0.1) is 0 Å². The molecule has 96 valence electrons. The zero-order valence-electron chi connectivity index (χ0n) is 11.0. The Morgan fingerprint density at radius 2 is 1.94 bits per heavy atom. The van der Waals surface area contributed by atoms with Gasteiger partial charge in [0.1, 0.15) is 10.8 Å². The van der Waals surface area contributed by atoms with Crippen LogP contribution in [-0.2, 0) is 6.54 Å². The molecule has 1 aromatic carbocycles. The first kappa shape index (κ1) is 12.9. The van der Waals surface area contributed by atoms with Crippen LogP contribution in [-0.4, -0.2) is 4.37 Å². The highest BCUT2D eigenvalue weighted by Gasteiger charge is 2.06. The van der Waals surface area contributed by atoms with Gasteiger partial charge in [-0.1, -0.05) is 38.1 Å². The van der Waals surface area contributed by atoms with Crippen LogP contribution in [0.15, 0.2) is 24.3 Å². The van der Waals surface area contributed by atoms with Gasteiger partial charge < -0.3 is 11.1 Å². The number of nitrogens with zero attached hydrogens (tertiary/aromatic N) is 1. The normalized spacial score (nSPS) is 10.9. The van der Waals surface area contributed by atoms with E-state index in [1.54, 1.807) is 0 Å². The molecule has 0 spiro atoms. The lowest BCUT2D eigenvalue weighted by atomic mass is 10.0. The summed E-state index contributed by atoms with van der Waals surface area (Å²) in [7, 11) is 0. The lowest BCUT2D eigenvalue weighted by Gasteiger charge is -2.08. The number of nitrogens with two attached hydrogens (primary N) is 1. The first-order valence-electron chi connectivity index (χ1n) is 6.12. The van der Waals surface area contributed by atoms with Gasteiger partial charge in [0.2, 0.25) is 0 Å². The van der Waals surface area contributed by atoms with Crippen LogP contribution in [0.5, 0.6) is 0 Å². The number of aromatic nitrogens is 1. The van der Waals surface area contributed by atoms with Crippen molar-refractivity contribution in [3.8, 4) is 0 Å². The summed E-state index contributed by atoms with van der Waals surface area (Å²) in [6.07, 6.45) is 0. The molecule has 0 amide bonds. The van der Waals surface area contributed by atoms with Gasteiger partial charge in [-0.3, -0.25) is 0 Å². The quantitative estimate of drug-likeness (QED) is 0.881. The van der Waals surface area contributed by atoms with Crippen LogP contribution in [0.1, 0.15) is 36.5 Å². The van der Waals surface area contributed by atoms with Gasteiger partial charge in [0.15, 0.2) is 0 Å². The van der Waals surface area contributed by atoms with Crippen molar-refractivity contribution in [2.45, 2.75) is 33.2 Å². The van der Waals surface area contributed by atoms with Crippen molar-refractivity contribution in [3.63, 3.8) is 0 Å². The van der Waals surface area contributed by atoms with E-state index >= 15 is 0 Å². The molecule has 0 atom stereocenters. The Balaban J connectivity index is 2.00. The molecule has 0 radical (unpaired) electrons. The fraction of sp³-hybridized carbons (Fsp3) is 0.357. The Hall–Kier alpha value is -1.55. The lowest BCUT2D eigenvalue weighted by molar-refractivity contribution is 0.865. The standard InChI is InChI=1S/C14H19N3S/c1-9(2)12-6-4-11(5-7-12)8-16-14-10(3)13(15)17-18-14/h4-7,9,16H,8H2,1-3H3,(H2,15,17). The number of hydrogen-bond acceptors (Lipinski definition) is 4. The van der Waals surface area contributed by atoms with Crippen molar-refractivity contribution in [3.05, 3.63) is 41.0 Å². The molecule has 0 aliphatic carbocycles. The molecule has 0 aliphatic heterocycles. The van der Waals surface area contributed by atoms with Crippen molar-refractivity contribution in [1.29, 1.82) is 0 Å². The van der Waals surface area contributed by atoms with Crippen LogP contribution in [0.25, 0.3) is 0 Å². The maximum atomic E-state index is 5.72. The van der Waals surface area contributed by atoms with Gasteiger partial charge in [0, 0.05) is 12.1 Å². The van der Waals surface area contributed by atoms with E-state index in [0.717, 1.165) is 17.1 Å². The molecule has 0 unspecified atom stereocenters. The average Bonchev–Trinajstić information content (AvgIpc) is 2.68. The summed E-state index contributed by atoms with van der Waals surface area (Å²) in [5, 5.41) is 4.43. The fourth-order valence-electron chi connectivity index (χ4n) is 1.72. The Kier molecular flexibility index (Phi) is 3.87. The summed E-state index contributed by atoms with van der Waals surface area (Å²) in [6, 6.07) is 8.72. The van der Waals surface area contributed by atoms with Crippen molar-refractivity contribution < 1.29 is 0 Å². The molecule has 2 rings (SSSR count). The first-order valence-corrected chi connectivity index (χ1v) is 6.89. The van der Waals surface area contributed by atoms with E-state index < -0.39 is 0 Å².